The third kappa shape index (κ3) is 7.01. The Morgan fingerprint density at radius 2 is 1.49 bits per heavy atom. The van der Waals surface area contributed by atoms with Crippen LogP contribution in [0.25, 0.3) is 22.7 Å². The summed E-state index contributed by atoms with van der Waals surface area (Å²) in [6, 6.07) is 24.7. The Morgan fingerprint density at radius 1 is 0.829 bits per heavy atom. The molecule has 0 aliphatic carbocycles. The third-order valence-corrected chi connectivity index (χ3v) is 6.33. The smallest absolute Gasteiger partial charge is 0.324 e. The van der Waals surface area contributed by atoms with E-state index in [9.17, 15) is 9.59 Å². The number of benzene rings is 3. The Balaban J connectivity index is 1.23. The van der Waals surface area contributed by atoms with Crippen molar-refractivity contribution in [3.63, 3.8) is 0 Å². The minimum atomic E-state index is -0.467. The molecule has 10 heteroatoms. The molecule has 0 aliphatic rings. The van der Waals surface area contributed by atoms with Gasteiger partial charge in [-0.2, -0.15) is 0 Å². The lowest BCUT2D eigenvalue weighted by Gasteiger charge is -2.12. The van der Waals surface area contributed by atoms with E-state index in [1.54, 1.807) is 42.5 Å². The van der Waals surface area contributed by atoms with E-state index in [4.69, 9.17) is 20.5 Å². The lowest BCUT2D eigenvalue weighted by molar-refractivity contribution is -0.115. The second-order valence-corrected chi connectivity index (χ2v) is 10.8. The van der Waals surface area contributed by atoms with Crippen LogP contribution in [0.1, 0.15) is 32.3 Å². The first kappa shape index (κ1) is 27.7. The van der Waals surface area contributed by atoms with E-state index in [0.717, 1.165) is 11.1 Å². The molecule has 3 amide bonds. The molecule has 0 atom stereocenters. The molecule has 0 radical (unpaired) electrons. The van der Waals surface area contributed by atoms with Gasteiger partial charge in [0.1, 0.15) is 17.2 Å². The van der Waals surface area contributed by atoms with Crippen molar-refractivity contribution in [2.75, 3.05) is 16.0 Å². The first-order chi connectivity index (χ1) is 19.6. The zero-order chi connectivity index (χ0) is 29.0. The Hall–Kier alpha value is -4.89. The fraction of sp³-hybridized carbons (Fsp3) is 0.161. The number of carbonyl (C=O) groups excluding carboxylic acids is 2. The van der Waals surface area contributed by atoms with Crippen LogP contribution in [0, 0.1) is 0 Å². The van der Waals surface area contributed by atoms with Crippen LogP contribution in [0.4, 0.5) is 22.0 Å². The van der Waals surface area contributed by atoms with Crippen molar-refractivity contribution < 1.29 is 18.5 Å². The number of oxazole rings is 1. The molecule has 2 aromatic heterocycles. The summed E-state index contributed by atoms with van der Waals surface area (Å²) in [7, 11) is 0. The average molecular weight is 570 g/mol. The standard InChI is InChI=1S/C31H28ClN5O4/c1-31(2,3)25-18-26(37-41-25)35-30(39)34-23-15-13-22(14-16-23)33-27(38)17-24-28(19-7-5-4-6-8-19)36-29(40-24)20-9-11-21(32)12-10-20/h4-16,18H,17H2,1-3H3,(H,33,38)(H2,34,35,37,39). The number of rotatable bonds is 7. The van der Waals surface area contributed by atoms with E-state index < -0.39 is 6.03 Å². The monoisotopic (exact) mass is 569 g/mol. The fourth-order valence-corrected chi connectivity index (χ4v) is 4.09. The number of aromatic nitrogens is 2. The van der Waals surface area contributed by atoms with Gasteiger partial charge in [0, 0.05) is 39.0 Å². The molecule has 0 saturated heterocycles. The zero-order valence-electron chi connectivity index (χ0n) is 22.7. The Bertz CT molecular complexity index is 1650. The third-order valence-electron chi connectivity index (χ3n) is 6.07. The molecule has 0 aliphatic heterocycles. The number of amides is 3. The van der Waals surface area contributed by atoms with Crippen LogP contribution in [0.5, 0.6) is 0 Å². The summed E-state index contributed by atoms with van der Waals surface area (Å²) in [5, 5.41) is 12.7. The molecular formula is C31H28ClN5O4. The van der Waals surface area contributed by atoms with Crippen molar-refractivity contribution in [1.82, 2.24) is 10.1 Å². The number of nitrogens with one attached hydrogen (secondary N) is 3. The highest BCUT2D eigenvalue weighted by Gasteiger charge is 2.21. The molecule has 0 spiro atoms. The van der Waals surface area contributed by atoms with Crippen LogP contribution >= 0.6 is 11.6 Å². The summed E-state index contributed by atoms with van der Waals surface area (Å²) in [6.45, 7) is 5.97. The molecule has 9 nitrogen and oxygen atoms in total. The molecule has 0 fully saturated rings. The summed E-state index contributed by atoms with van der Waals surface area (Å²) in [5.74, 6) is 1.54. The minimum absolute atomic E-state index is 0.0263. The normalized spacial score (nSPS) is 11.2. The first-order valence-corrected chi connectivity index (χ1v) is 13.3. The number of urea groups is 1. The molecule has 0 bridgehead atoms. The second kappa shape index (κ2) is 11.7. The second-order valence-electron chi connectivity index (χ2n) is 10.4. The summed E-state index contributed by atoms with van der Waals surface area (Å²) in [4.78, 5) is 30.0. The lowest BCUT2D eigenvalue weighted by Crippen LogP contribution is -2.19. The number of anilines is 3. The maximum Gasteiger partial charge on any atom is 0.324 e. The highest BCUT2D eigenvalue weighted by atomic mass is 35.5. The van der Waals surface area contributed by atoms with Crippen molar-refractivity contribution in [2.45, 2.75) is 32.6 Å². The molecule has 5 rings (SSSR count). The topological polar surface area (TPSA) is 122 Å². The van der Waals surface area contributed by atoms with Gasteiger partial charge in [-0.3, -0.25) is 10.1 Å². The molecular weight excluding hydrogens is 542 g/mol. The van der Waals surface area contributed by atoms with Gasteiger partial charge >= 0.3 is 6.03 Å². The van der Waals surface area contributed by atoms with Gasteiger partial charge in [0.25, 0.3) is 0 Å². The van der Waals surface area contributed by atoms with Crippen LogP contribution in [0.3, 0.4) is 0 Å². The van der Waals surface area contributed by atoms with E-state index in [1.165, 1.54) is 0 Å². The fourth-order valence-electron chi connectivity index (χ4n) is 3.96. The Kier molecular flexibility index (Phi) is 7.89. The van der Waals surface area contributed by atoms with Gasteiger partial charge in [-0.1, -0.05) is 67.9 Å². The van der Waals surface area contributed by atoms with E-state index in [2.05, 4.69) is 26.1 Å². The number of carbonyl (C=O) groups is 2. The van der Waals surface area contributed by atoms with Gasteiger partial charge < -0.3 is 19.6 Å². The molecule has 208 valence electrons. The van der Waals surface area contributed by atoms with Gasteiger partial charge in [-0.05, 0) is 48.5 Å². The average Bonchev–Trinajstić information content (AvgIpc) is 3.58. The SMILES string of the molecule is CC(C)(C)c1cc(NC(=O)Nc2ccc(NC(=O)Cc3oc(-c4ccc(Cl)cc4)nc3-c3ccccc3)cc2)no1. The van der Waals surface area contributed by atoms with Crippen LogP contribution in [-0.2, 0) is 16.6 Å². The molecule has 0 unspecified atom stereocenters. The number of hydrogen-bond donors (Lipinski definition) is 3. The van der Waals surface area contributed by atoms with E-state index in [-0.39, 0.29) is 17.7 Å². The van der Waals surface area contributed by atoms with Crippen molar-refractivity contribution in [3.05, 3.63) is 101 Å². The van der Waals surface area contributed by atoms with Crippen LogP contribution in [0.15, 0.2) is 93.9 Å². The quantitative estimate of drug-likeness (QED) is 0.184. The van der Waals surface area contributed by atoms with Gasteiger partial charge in [0.05, 0.1) is 6.42 Å². The molecule has 5 aromatic rings. The van der Waals surface area contributed by atoms with E-state index in [0.29, 0.717) is 45.3 Å². The summed E-state index contributed by atoms with van der Waals surface area (Å²) in [6.07, 6.45) is -0.0263. The maximum absolute atomic E-state index is 13.0. The van der Waals surface area contributed by atoms with Crippen LogP contribution in [-0.4, -0.2) is 22.1 Å². The van der Waals surface area contributed by atoms with Crippen molar-refractivity contribution >= 4 is 40.7 Å². The summed E-state index contributed by atoms with van der Waals surface area (Å²) in [5.41, 5.74) is 3.06. The van der Waals surface area contributed by atoms with Crippen molar-refractivity contribution in [2.24, 2.45) is 0 Å². The van der Waals surface area contributed by atoms with E-state index in [1.807, 2.05) is 63.2 Å². The molecule has 0 saturated carbocycles. The predicted molar refractivity (Wildman–Crippen MR) is 159 cm³/mol. The summed E-state index contributed by atoms with van der Waals surface area (Å²) >= 11 is 6.03. The van der Waals surface area contributed by atoms with Crippen LogP contribution < -0.4 is 16.0 Å². The van der Waals surface area contributed by atoms with Gasteiger partial charge in [0.15, 0.2) is 5.82 Å². The van der Waals surface area contributed by atoms with Gasteiger partial charge in [-0.25, -0.2) is 9.78 Å². The first-order valence-electron chi connectivity index (χ1n) is 12.9. The number of hydrogen-bond acceptors (Lipinski definition) is 6. The molecule has 2 heterocycles. The van der Waals surface area contributed by atoms with Gasteiger partial charge in [0.2, 0.25) is 11.8 Å². The highest BCUT2D eigenvalue weighted by Crippen LogP contribution is 2.30. The van der Waals surface area contributed by atoms with Crippen molar-refractivity contribution in [3.8, 4) is 22.7 Å². The largest absolute Gasteiger partial charge is 0.440 e. The number of halogens is 1. The predicted octanol–water partition coefficient (Wildman–Crippen LogP) is 7.77. The zero-order valence-corrected chi connectivity index (χ0v) is 23.5. The lowest BCUT2D eigenvalue weighted by atomic mass is 9.93. The molecule has 41 heavy (non-hydrogen) atoms. The summed E-state index contributed by atoms with van der Waals surface area (Å²) < 4.78 is 11.3. The van der Waals surface area contributed by atoms with Crippen molar-refractivity contribution in [1.29, 1.82) is 0 Å². The minimum Gasteiger partial charge on any atom is -0.440 e. The Morgan fingerprint density at radius 3 is 2.12 bits per heavy atom. The number of nitrogens with zero attached hydrogens (tertiary/aromatic N) is 2. The maximum atomic E-state index is 13.0. The molecule has 3 N–H and O–H groups in total. The van der Waals surface area contributed by atoms with E-state index >= 15 is 0 Å². The Labute approximate surface area is 241 Å². The van der Waals surface area contributed by atoms with Crippen LogP contribution in [0.2, 0.25) is 5.02 Å². The van der Waals surface area contributed by atoms with Gasteiger partial charge in [-0.15, -0.1) is 0 Å². The molecule has 3 aromatic carbocycles. The highest BCUT2D eigenvalue weighted by molar-refractivity contribution is 6.30.